The summed E-state index contributed by atoms with van der Waals surface area (Å²) in [4.78, 5) is 87.3. The molecule has 0 aliphatic carbocycles. The number of rotatable bonds is 16. The number of hydrogen-bond acceptors (Lipinski definition) is 16. The Bertz CT molecular complexity index is 1510. The molecule has 3 aromatic heterocycles. The molecule has 0 bridgehead atoms. The SMILES string of the molecule is COC(=O)[C@H](CO)NC(=O)c1ccc(C(OC)(c2ccc(C(=O)N[C@@H](CO)C(=O)OC)cn2)c2ccc(C(=O)N[C@@H](CO)C(=O)OC)cn2)nc1. The maximum atomic E-state index is 12.8. The van der Waals surface area contributed by atoms with E-state index in [0.717, 1.165) is 39.9 Å². The van der Waals surface area contributed by atoms with Gasteiger partial charge in [-0.15, -0.1) is 0 Å². The molecule has 0 saturated carbocycles. The molecule has 19 heteroatoms. The largest absolute Gasteiger partial charge is 0.467 e. The van der Waals surface area contributed by atoms with Gasteiger partial charge in [0.1, 0.15) is 0 Å². The minimum absolute atomic E-state index is 0.0147. The summed E-state index contributed by atoms with van der Waals surface area (Å²) in [6.45, 7) is -2.16. The Morgan fingerprint density at radius 1 is 0.549 bits per heavy atom. The van der Waals surface area contributed by atoms with Crippen LogP contribution in [0.2, 0.25) is 0 Å². The minimum atomic E-state index is -1.77. The first-order valence-electron chi connectivity index (χ1n) is 14.9. The second kappa shape index (κ2) is 18.2. The number of carbonyl (C=O) groups is 6. The van der Waals surface area contributed by atoms with Crippen molar-refractivity contribution in [2.75, 3.05) is 48.3 Å². The number of nitrogens with one attached hydrogen (secondary N) is 3. The van der Waals surface area contributed by atoms with E-state index in [1.807, 2.05) is 0 Å². The van der Waals surface area contributed by atoms with Crippen molar-refractivity contribution in [3.8, 4) is 0 Å². The van der Waals surface area contributed by atoms with Crippen LogP contribution in [-0.2, 0) is 38.9 Å². The molecular formula is C32H36N6O13. The molecule has 3 atom stereocenters. The van der Waals surface area contributed by atoms with E-state index >= 15 is 0 Å². The van der Waals surface area contributed by atoms with Gasteiger partial charge in [0, 0.05) is 25.7 Å². The predicted octanol–water partition coefficient (Wildman–Crippen LogP) is -2.40. The van der Waals surface area contributed by atoms with Gasteiger partial charge in [0.25, 0.3) is 17.7 Å². The Kier molecular flexibility index (Phi) is 14.1. The molecule has 6 N–H and O–H groups in total. The Morgan fingerprint density at radius 3 is 1.00 bits per heavy atom. The third-order valence-electron chi connectivity index (χ3n) is 7.39. The third-order valence-corrected chi connectivity index (χ3v) is 7.39. The smallest absolute Gasteiger partial charge is 0.330 e. The Labute approximate surface area is 290 Å². The van der Waals surface area contributed by atoms with E-state index in [2.05, 4.69) is 45.1 Å². The number of methoxy groups -OCH3 is 4. The van der Waals surface area contributed by atoms with Crippen LogP contribution in [0.15, 0.2) is 55.0 Å². The maximum absolute atomic E-state index is 12.8. The van der Waals surface area contributed by atoms with Gasteiger partial charge in [-0.25, -0.2) is 14.4 Å². The summed E-state index contributed by atoms with van der Waals surface area (Å²) in [5, 5.41) is 35.4. The predicted molar refractivity (Wildman–Crippen MR) is 171 cm³/mol. The van der Waals surface area contributed by atoms with E-state index in [4.69, 9.17) is 4.74 Å². The number of aliphatic hydroxyl groups excluding tert-OH is 3. The average Bonchev–Trinajstić information content (AvgIpc) is 3.17. The molecule has 0 fully saturated rings. The van der Waals surface area contributed by atoms with Crippen molar-refractivity contribution < 1.29 is 63.0 Å². The summed E-state index contributed by atoms with van der Waals surface area (Å²) in [6.07, 6.45) is 3.49. The highest BCUT2D eigenvalue weighted by Gasteiger charge is 2.41. The standard InChI is InChI=1S/C32H36N6O13/c1-48-29(45)20(14-39)36-26(42)17-5-8-23(33-11-17)32(51-4,24-9-6-18(12-34-24)27(43)37-21(15-40)30(46)49-2)25-10-7-19(13-35-25)28(44)38-22(16-41)31(47)50-3/h5-13,20-22,39-41H,14-16H2,1-4H3,(H,36,42)(H,37,43)(H,38,44)/t20-,21-,22-/m0/s1. The number of pyridine rings is 3. The average molecular weight is 713 g/mol. The summed E-state index contributed by atoms with van der Waals surface area (Å²) in [7, 11) is 4.60. The zero-order valence-corrected chi connectivity index (χ0v) is 27.8. The summed E-state index contributed by atoms with van der Waals surface area (Å²) in [6, 6.07) is 4.26. The van der Waals surface area contributed by atoms with Gasteiger partial charge in [-0.2, -0.15) is 0 Å². The van der Waals surface area contributed by atoms with Crippen LogP contribution < -0.4 is 16.0 Å². The molecule has 3 rings (SSSR count). The zero-order chi connectivity index (χ0) is 37.7. The lowest BCUT2D eigenvalue weighted by molar-refractivity contribution is -0.144. The fourth-order valence-corrected chi connectivity index (χ4v) is 4.61. The molecule has 19 nitrogen and oxygen atoms in total. The molecule has 0 aliphatic heterocycles. The molecular weight excluding hydrogens is 676 g/mol. The molecule has 51 heavy (non-hydrogen) atoms. The number of nitrogens with zero attached hydrogens (tertiary/aromatic N) is 3. The van der Waals surface area contributed by atoms with Crippen molar-refractivity contribution in [3.05, 3.63) is 88.8 Å². The van der Waals surface area contributed by atoms with Crippen LogP contribution in [0.4, 0.5) is 0 Å². The Hall–Kier alpha value is -5.89. The number of ether oxygens (including phenoxy) is 4. The fraction of sp³-hybridized carbons (Fsp3) is 0.344. The lowest BCUT2D eigenvalue weighted by Crippen LogP contribution is -2.44. The first-order chi connectivity index (χ1) is 24.4. The van der Waals surface area contributed by atoms with Gasteiger partial charge in [0.05, 0.1) is 74.9 Å². The quantitative estimate of drug-likeness (QED) is 0.0667. The van der Waals surface area contributed by atoms with Gasteiger partial charge in [0.15, 0.2) is 23.7 Å². The molecule has 0 aliphatic rings. The lowest BCUT2D eigenvalue weighted by atomic mass is 9.88. The Morgan fingerprint density at radius 2 is 0.824 bits per heavy atom. The molecule has 272 valence electrons. The van der Waals surface area contributed by atoms with Crippen molar-refractivity contribution in [1.29, 1.82) is 0 Å². The second-order valence-corrected chi connectivity index (χ2v) is 10.4. The van der Waals surface area contributed by atoms with Gasteiger partial charge in [-0.05, 0) is 36.4 Å². The number of esters is 3. The van der Waals surface area contributed by atoms with Crippen molar-refractivity contribution in [2.45, 2.75) is 23.7 Å². The van der Waals surface area contributed by atoms with Crippen LogP contribution in [0.25, 0.3) is 0 Å². The zero-order valence-electron chi connectivity index (χ0n) is 27.8. The highest BCUT2D eigenvalue weighted by Crippen LogP contribution is 2.37. The van der Waals surface area contributed by atoms with E-state index in [9.17, 15) is 44.1 Å². The third kappa shape index (κ3) is 9.02. The molecule has 0 aromatic carbocycles. The minimum Gasteiger partial charge on any atom is -0.467 e. The fourth-order valence-electron chi connectivity index (χ4n) is 4.61. The van der Waals surface area contributed by atoms with Crippen molar-refractivity contribution in [2.24, 2.45) is 0 Å². The normalized spacial score (nSPS) is 12.8. The van der Waals surface area contributed by atoms with E-state index in [-0.39, 0.29) is 33.8 Å². The second-order valence-electron chi connectivity index (χ2n) is 10.4. The van der Waals surface area contributed by atoms with Crippen LogP contribution >= 0.6 is 0 Å². The van der Waals surface area contributed by atoms with E-state index in [1.165, 1.54) is 43.5 Å². The monoisotopic (exact) mass is 712 g/mol. The molecule has 3 amide bonds. The lowest BCUT2D eigenvalue weighted by Gasteiger charge is -2.31. The van der Waals surface area contributed by atoms with Crippen LogP contribution in [0.1, 0.15) is 48.2 Å². The van der Waals surface area contributed by atoms with Gasteiger partial charge >= 0.3 is 17.9 Å². The molecule has 0 saturated heterocycles. The van der Waals surface area contributed by atoms with Gasteiger partial charge in [-0.3, -0.25) is 29.3 Å². The van der Waals surface area contributed by atoms with Crippen LogP contribution in [-0.4, -0.2) is 132 Å². The number of aromatic nitrogens is 3. The highest BCUT2D eigenvalue weighted by atomic mass is 16.5. The van der Waals surface area contributed by atoms with Crippen molar-refractivity contribution in [3.63, 3.8) is 0 Å². The summed E-state index contributed by atoms with van der Waals surface area (Å²) >= 11 is 0. The van der Waals surface area contributed by atoms with Gasteiger partial charge in [0.2, 0.25) is 0 Å². The van der Waals surface area contributed by atoms with E-state index in [0.29, 0.717) is 0 Å². The van der Waals surface area contributed by atoms with Gasteiger partial charge < -0.3 is 50.2 Å². The van der Waals surface area contributed by atoms with E-state index < -0.39 is 79.2 Å². The van der Waals surface area contributed by atoms with Crippen molar-refractivity contribution in [1.82, 2.24) is 30.9 Å². The van der Waals surface area contributed by atoms with Crippen LogP contribution in [0.5, 0.6) is 0 Å². The number of amides is 3. The number of hydrogen-bond donors (Lipinski definition) is 6. The highest BCUT2D eigenvalue weighted by molar-refractivity contribution is 5.98. The molecule has 0 spiro atoms. The number of aliphatic hydroxyl groups is 3. The first kappa shape index (κ1) is 39.5. The summed E-state index contributed by atoms with van der Waals surface area (Å²) in [5.41, 5.74) is -1.48. The molecule has 3 aromatic rings. The summed E-state index contributed by atoms with van der Waals surface area (Å²) < 4.78 is 19.7. The first-order valence-corrected chi connectivity index (χ1v) is 14.9. The summed E-state index contributed by atoms with van der Waals surface area (Å²) in [5.74, 6) is -4.88. The topological polar surface area (TPSA) is 275 Å². The molecule has 3 heterocycles. The van der Waals surface area contributed by atoms with E-state index in [1.54, 1.807) is 0 Å². The Balaban J connectivity index is 2.07. The van der Waals surface area contributed by atoms with Crippen LogP contribution in [0.3, 0.4) is 0 Å². The van der Waals surface area contributed by atoms with Crippen molar-refractivity contribution >= 4 is 35.6 Å². The molecule has 0 unspecified atom stereocenters. The van der Waals surface area contributed by atoms with Gasteiger partial charge in [-0.1, -0.05) is 0 Å². The molecule has 0 radical (unpaired) electrons. The maximum Gasteiger partial charge on any atom is 0.330 e. The van der Waals surface area contributed by atoms with Crippen LogP contribution in [0, 0.1) is 0 Å². The number of carbonyl (C=O) groups excluding carboxylic acids is 6.